The molecular weight excluding hydrogens is 222 g/mol. The van der Waals surface area contributed by atoms with Crippen molar-refractivity contribution in [3.63, 3.8) is 0 Å². The molecule has 2 nitrogen and oxygen atoms in total. The molecule has 1 N–H and O–H groups in total. The van der Waals surface area contributed by atoms with Crippen LogP contribution < -0.4 is 10.1 Å². The fourth-order valence-electron chi connectivity index (χ4n) is 2.27. The molecule has 0 bridgehead atoms. The Balaban J connectivity index is 2.25. The monoisotopic (exact) mass is 239 g/mol. The highest BCUT2D eigenvalue weighted by atomic mass is 35.5. The average molecular weight is 240 g/mol. The van der Waals surface area contributed by atoms with Gasteiger partial charge in [0.2, 0.25) is 0 Å². The first kappa shape index (κ1) is 11.7. The summed E-state index contributed by atoms with van der Waals surface area (Å²) >= 11 is 5.97. The highest BCUT2D eigenvalue weighted by molar-refractivity contribution is 6.30. The second kappa shape index (κ2) is 5.07. The molecule has 0 radical (unpaired) electrons. The fourth-order valence-corrected chi connectivity index (χ4v) is 2.43. The van der Waals surface area contributed by atoms with Crippen LogP contribution in [0.3, 0.4) is 0 Å². The Morgan fingerprint density at radius 2 is 2.19 bits per heavy atom. The highest BCUT2D eigenvalue weighted by Crippen LogP contribution is 2.39. The van der Waals surface area contributed by atoms with Crippen molar-refractivity contribution >= 4 is 11.6 Å². The minimum absolute atomic E-state index is 0.249. The van der Waals surface area contributed by atoms with Crippen LogP contribution >= 0.6 is 11.6 Å². The van der Waals surface area contributed by atoms with E-state index in [1.54, 1.807) is 0 Å². The predicted octanol–water partition coefficient (Wildman–Crippen LogP) is 3.55. The normalized spacial score (nSPS) is 22.9. The Morgan fingerprint density at radius 3 is 2.88 bits per heavy atom. The van der Waals surface area contributed by atoms with Crippen molar-refractivity contribution in [3.05, 3.63) is 28.8 Å². The van der Waals surface area contributed by atoms with Crippen molar-refractivity contribution in [2.45, 2.75) is 38.8 Å². The third kappa shape index (κ3) is 2.18. The summed E-state index contributed by atoms with van der Waals surface area (Å²) in [4.78, 5) is 0. The van der Waals surface area contributed by atoms with Crippen molar-refractivity contribution in [2.75, 3.05) is 6.54 Å². The van der Waals surface area contributed by atoms with E-state index in [0.717, 1.165) is 30.2 Å². The van der Waals surface area contributed by atoms with Gasteiger partial charge in [0, 0.05) is 10.6 Å². The molecule has 0 saturated heterocycles. The molecule has 3 heteroatoms. The number of hydrogen-bond donors (Lipinski definition) is 1. The molecule has 0 aliphatic carbocycles. The maximum absolute atomic E-state index is 5.97. The molecule has 0 aromatic heterocycles. The lowest BCUT2D eigenvalue weighted by Crippen LogP contribution is -2.30. The van der Waals surface area contributed by atoms with Crippen molar-refractivity contribution in [1.82, 2.24) is 5.32 Å². The van der Waals surface area contributed by atoms with Crippen LogP contribution in [0.4, 0.5) is 0 Å². The lowest BCUT2D eigenvalue weighted by Gasteiger charge is -2.18. The van der Waals surface area contributed by atoms with Gasteiger partial charge in [0.25, 0.3) is 0 Å². The van der Waals surface area contributed by atoms with E-state index in [-0.39, 0.29) is 6.10 Å². The van der Waals surface area contributed by atoms with Gasteiger partial charge < -0.3 is 10.1 Å². The average Bonchev–Trinajstić information content (AvgIpc) is 2.57. The minimum atomic E-state index is 0.249. The van der Waals surface area contributed by atoms with E-state index in [0.29, 0.717) is 6.04 Å². The van der Waals surface area contributed by atoms with Gasteiger partial charge in [0.05, 0.1) is 6.04 Å². The molecule has 0 amide bonds. The maximum Gasteiger partial charge on any atom is 0.126 e. The maximum atomic E-state index is 5.97. The van der Waals surface area contributed by atoms with E-state index in [4.69, 9.17) is 16.3 Å². The first-order valence-corrected chi connectivity index (χ1v) is 6.33. The molecule has 1 aliphatic rings. The van der Waals surface area contributed by atoms with Gasteiger partial charge >= 0.3 is 0 Å². The zero-order valence-corrected chi connectivity index (χ0v) is 10.6. The van der Waals surface area contributed by atoms with Gasteiger partial charge in [-0.3, -0.25) is 0 Å². The van der Waals surface area contributed by atoms with Gasteiger partial charge in [-0.1, -0.05) is 37.9 Å². The molecule has 0 fully saturated rings. The topological polar surface area (TPSA) is 21.3 Å². The molecule has 1 aliphatic heterocycles. The van der Waals surface area contributed by atoms with Crippen molar-refractivity contribution < 1.29 is 4.74 Å². The molecule has 88 valence electrons. The van der Waals surface area contributed by atoms with Crippen LogP contribution in [0.5, 0.6) is 5.75 Å². The third-order valence-electron chi connectivity index (χ3n) is 2.96. The Bertz CT molecular complexity index is 367. The quantitative estimate of drug-likeness (QED) is 0.868. The van der Waals surface area contributed by atoms with E-state index in [1.807, 2.05) is 12.1 Å². The number of ether oxygens (including phenoxy) is 1. The van der Waals surface area contributed by atoms with Crippen molar-refractivity contribution in [1.29, 1.82) is 0 Å². The van der Waals surface area contributed by atoms with E-state index < -0.39 is 0 Å². The summed E-state index contributed by atoms with van der Waals surface area (Å²) in [5.41, 5.74) is 1.24. The van der Waals surface area contributed by atoms with Crippen LogP contribution in [0, 0.1) is 0 Å². The smallest absolute Gasteiger partial charge is 0.126 e. The van der Waals surface area contributed by atoms with Gasteiger partial charge in [-0.05, 0) is 25.1 Å². The number of nitrogens with one attached hydrogen (secondary N) is 1. The van der Waals surface area contributed by atoms with Gasteiger partial charge in [0.15, 0.2) is 0 Å². The Labute approximate surface area is 102 Å². The summed E-state index contributed by atoms with van der Waals surface area (Å²) in [6.45, 7) is 5.26. The van der Waals surface area contributed by atoms with Gasteiger partial charge in [0.1, 0.15) is 11.9 Å². The van der Waals surface area contributed by atoms with Crippen LogP contribution in [-0.2, 0) is 0 Å². The molecule has 2 rings (SSSR count). The summed E-state index contributed by atoms with van der Waals surface area (Å²) in [6.07, 6.45) is 2.46. The summed E-state index contributed by atoms with van der Waals surface area (Å²) in [6, 6.07) is 6.23. The number of hydrogen-bond acceptors (Lipinski definition) is 2. The second-order valence-corrected chi connectivity index (χ2v) is 4.60. The predicted molar refractivity (Wildman–Crippen MR) is 67.2 cm³/mol. The van der Waals surface area contributed by atoms with Gasteiger partial charge in [-0.25, -0.2) is 0 Å². The Morgan fingerprint density at radius 1 is 1.38 bits per heavy atom. The molecule has 1 heterocycles. The number of halogens is 1. The molecule has 16 heavy (non-hydrogen) atoms. The first-order chi connectivity index (χ1) is 7.76. The minimum Gasteiger partial charge on any atom is -0.488 e. The summed E-state index contributed by atoms with van der Waals surface area (Å²) < 4.78 is 5.95. The van der Waals surface area contributed by atoms with Crippen LogP contribution in [0.25, 0.3) is 0 Å². The van der Waals surface area contributed by atoms with E-state index in [1.165, 1.54) is 5.56 Å². The summed E-state index contributed by atoms with van der Waals surface area (Å²) in [7, 11) is 0. The van der Waals surface area contributed by atoms with Crippen LogP contribution in [0.15, 0.2) is 18.2 Å². The van der Waals surface area contributed by atoms with E-state index in [2.05, 4.69) is 25.2 Å². The highest BCUT2D eigenvalue weighted by Gasteiger charge is 2.32. The number of benzene rings is 1. The largest absolute Gasteiger partial charge is 0.488 e. The number of fused-ring (bicyclic) bond motifs is 1. The Kier molecular flexibility index (Phi) is 3.72. The lowest BCUT2D eigenvalue weighted by atomic mass is 10.0. The molecule has 2 unspecified atom stereocenters. The zero-order valence-electron chi connectivity index (χ0n) is 9.79. The standard InChI is InChI=1S/C13H18ClNO/c1-3-5-11-13(15-4-2)10-7-6-9(14)8-12(10)16-11/h6-8,11,13,15H,3-5H2,1-2H3. The number of rotatable bonds is 4. The molecule has 1 aromatic carbocycles. The fraction of sp³-hybridized carbons (Fsp3) is 0.538. The third-order valence-corrected chi connectivity index (χ3v) is 3.19. The van der Waals surface area contributed by atoms with Crippen molar-refractivity contribution in [2.24, 2.45) is 0 Å². The van der Waals surface area contributed by atoms with Crippen molar-refractivity contribution in [3.8, 4) is 5.75 Å². The van der Waals surface area contributed by atoms with Crippen LogP contribution in [0.2, 0.25) is 5.02 Å². The molecule has 2 atom stereocenters. The summed E-state index contributed by atoms with van der Waals surface area (Å²) in [5.74, 6) is 0.942. The molecular formula is C13H18ClNO. The molecule has 0 spiro atoms. The van der Waals surface area contributed by atoms with Gasteiger partial charge in [-0.15, -0.1) is 0 Å². The second-order valence-electron chi connectivity index (χ2n) is 4.16. The SMILES string of the molecule is CCCC1Oc2cc(Cl)ccc2C1NCC. The lowest BCUT2D eigenvalue weighted by molar-refractivity contribution is 0.179. The zero-order chi connectivity index (χ0) is 11.5. The molecule has 1 aromatic rings. The summed E-state index contributed by atoms with van der Waals surface area (Å²) in [5, 5.41) is 4.23. The first-order valence-electron chi connectivity index (χ1n) is 5.95. The van der Waals surface area contributed by atoms with E-state index in [9.17, 15) is 0 Å². The van der Waals surface area contributed by atoms with Crippen LogP contribution in [0.1, 0.15) is 38.3 Å². The molecule has 0 saturated carbocycles. The van der Waals surface area contributed by atoms with Gasteiger partial charge in [-0.2, -0.15) is 0 Å². The number of likely N-dealkylation sites (N-methyl/N-ethyl adjacent to an activating group) is 1. The Hall–Kier alpha value is -0.730. The van der Waals surface area contributed by atoms with Crippen LogP contribution in [-0.4, -0.2) is 12.6 Å². The van der Waals surface area contributed by atoms with E-state index >= 15 is 0 Å².